The molecule has 20 heavy (non-hydrogen) atoms. The van der Waals surface area contributed by atoms with Gasteiger partial charge in [0.25, 0.3) is 0 Å². The number of aromatic nitrogens is 2. The molecule has 0 atom stereocenters. The molecule has 0 unspecified atom stereocenters. The summed E-state index contributed by atoms with van der Waals surface area (Å²) < 4.78 is 7.88. The van der Waals surface area contributed by atoms with Crippen molar-refractivity contribution in [3.8, 4) is 11.5 Å². The highest BCUT2D eigenvalue weighted by molar-refractivity contribution is 6.31. The zero-order valence-electron chi connectivity index (χ0n) is 12.3. The van der Waals surface area contributed by atoms with Crippen molar-refractivity contribution < 1.29 is 4.74 Å². The van der Waals surface area contributed by atoms with Crippen LogP contribution in [-0.2, 0) is 13.6 Å². The Morgan fingerprint density at radius 1 is 1.35 bits per heavy atom. The fraction of sp³-hybridized carbons (Fsp3) is 0.400. The van der Waals surface area contributed by atoms with Gasteiger partial charge in [0.2, 0.25) is 0 Å². The summed E-state index contributed by atoms with van der Waals surface area (Å²) in [6.45, 7) is 7.56. The smallest absolute Gasteiger partial charge is 0.171 e. The maximum Gasteiger partial charge on any atom is 0.171 e. The van der Waals surface area contributed by atoms with E-state index < -0.39 is 0 Å². The molecule has 2 aromatic rings. The third-order valence-electron chi connectivity index (χ3n) is 3.28. The van der Waals surface area contributed by atoms with Gasteiger partial charge in [0.05, 0.1) is 5.69 Å². The van der Waals surface area contributed by atoms with E-state index in [0.717, 1.165) is 35.0 Å². The fourth-order valence-corrected chi connectivity index (χ4v) is 2.30. The molecule has 0 saturated heterocycles. The molecule has 0 aliphatic rings. The van der Waals surface area contributed by atoms with Gasteiger partial charge < -0.3 is 10.1 Å². The SMILES string of the molecule is CCNCc1c(Cl)cccc1Oc1c(C)nn(C)c1C. The van der Waals surface area contributed by atoms with Crippen LogP contribution >= 0.6 is 11.6 Å². The summed E-state index contributed by atoms with van der Waals surface area (Å²) in [6, 6.07) is 5.71. The third kappa shape index (κ3) is 2.97. The molecular weight excluding hydrogens is 274 g/mol. The summed E-state index contributed by atoms with van der Waals surface area (Å²) in [6.07, 6.45) is 0. The van der Waals surface area contributed by atoms with E-state index in [1.54, 1.807) is 0 Å². The van der Waals surface area contributed by atoms with Crippen LogP contribution in [0.1, 0.15) is 23.9 Å². The second-order valence-corrected chi connectivity index (χ2v) is 5.13. The van der Waals surface area contributed by atoms with Crippen molar-refractivity contribution in [2.75, 3.05) is 6.54 Å². The van der Waals surface area contributed by atoms with Crippen molar-refractivity contribution in [3.05, 3.63) is 40.2 Å². The van der Waals surface area contributed by atoms with Gasteiger partial charge in [0.15, 0.2) is 5.75 Å². The summed E-state index contributed by atoms with van der Waals surface area (Å²) in [4.78, 5) is 0. The number of nitrogens with one attached hydrogen (secondary N) is 1. The minimum atomic E-state index is 0.684. The molecule has 0 aliphatic heterocycles. The molecule has 0 amide bonds. The van der Waals surface area contributed by atoms with Crippen LogP contribution in [0, 0.1) is 13.8 Å². The zero-order chi connectivity index (χ0) is 14.7. The molecule has 0 radical (unpaired) electrons. The highest BCUT2D eigenvalue weighted by Crippen LogP contribution is 2.33. The standard InChI is InChI=1S/C15H20ClN3O/c1-5-17-9-12-13(16)7-6-8-14(12)20-15-10(2)18-19(4)11(15)3/h6-8,17H,5,9H2,1-4H3. The van der Waals surface area contributed by atoms with Crippen LogP contribution in [0.3, 0.4) is 0 Å². The van der Waals surface area contributed by atoms with E-state index in [2.05, 4.69) is 17.3 Å². The number of aryl methyl sites for hydroxylation is 2. The van der Waals surface area contributed by atoms with E-state index in [1.165, 1.54) is 0 Å². The zero-order valence-corrected chi connectivity index (χ0v) is 13.1. The molecule has 0 aliphatic carbocycles. The second-order valence-electron chi connectivity index (χ2n) is 4.72. The molecule has 5 heteroatoms. The number of hydrogen-bond acceptors (Lipinski definition) is 3. The minimum absolute atomic E-state index is 0.684. The minimum Gasteiger partial charge on any atom is -0.453 e. The Morgan fingerprint density at radius 3 is 2.70 bits per heavy atom. The largest absolute Gasteiger partial charge is 0.453 e. The maximum absolute atomic E-state index is 6.28. The molecule has 1 aromatic carbocycles. The third-order valence-corrected chi connectivity index (χ3v) is 3.64. The van der Waals surface area contributed by atoms with Crippen molar-refractivity contribution in [1.82, 2.24) is 15.1 Å². The summed E-state index contributed by atoms with van der Waals surface area (Å²) in [5.41, 5.74) is 2.84. The van der Waals surface area contributed by atoms with E-state index in [1.807, 2.05) is 43.8 Å². The lowest BCUT2D eigenvalue weighted by Crippen LogP contribution is -2.13. The van der Waals surface area contributed by atoms with Gasteiger partial charge in [-0.05, 0) is 32.5 Å². The van der Waals surface area contributed by atoms with Crippen LogP contribution in [0.2, 0.25) is 5.02 Å². The second kappa shape index (κ2) is 6.29. The van der Waals surface area contributed by atoms with Gasteiger partial charge in [-0.1, -0.05) is 24.6 Å². The Hall–Kier alpha value is -1.52. The van der Waals surface area contributed by atoms with Crippen LogP contribution in [0.25, 0.3) is 0 Å². The Bertz CT molecular complexity index is 607. The first-order valence-electron chi connectivity index (χ1n) is 6.70. The van der Waals surface area contributed by atoms with Crippen molar-refractivity contribution >= 4 is 11.6 Å². The lowest BCUT2D eigenvalue weighted by Gasteiger charge is -2.13. The van der Waals surface area contributed by atoms with Crippen molar-refractivity contribution in [3.63, 3.8) is 0 Å². The molecule has 108 valence electrons. The van der Waals surface area contributed by atoms with Crippen LogP contribution in [0.5, 0.6) is 11.5 Å². The Balaban J connectivity index is 2.35. The van der Waals surface area contributed by atoms with Crippen LogP contribution in [-0.4, -0.2) is 16.3 Å². The molecule has 1 aromatic heterocycles. The summed E-state index contributed by atoms with van der Waals surface area (Å²) >= 11 is 6.28. The van der Waals surface area contributed by atoms with E-state index in [0.29, 0.717) is 11.6 Å². The number of benzene rings is 1. The first-order chi connectivity index (χ1) is 9.54. The number of hydrogen-bond donors (Lipinski definition) is 1. The molecule has 1 N–H and O–H groups in total. The molecule has 0 bridgehead atoms. The predicted octanol–water partition coefficient (Wildman–Crippen LogP) is 3.59. The number of ether oxygens (including phenoxy) is 1. The highest BCUT2D eigenvalue weighted by atomic mass is 35.5. The first-order valence-corrected chi connectivity index (χ1v) is 7.08. The monoisotopic (exact) mass is 293 g/mol. The topological polar surface area (TPSA) is 39.1 Å². The lowest BCUT2D eigenvalue weighted by molar-refractivity contribution is 0.465. The van der Waals surface area contributed by atoms with Crippen LogP contribution in [0.4, 0.5) is 0 Å². The number of rotatable bonds is 5. The van der Waals surface area contributed by atoms with E-state index in [4.69, 9.17) is 16.3 Å². The molecular formula is C15H20ClN3O. The number of halogens is 1. The van der Waals surface area contributed by atoms with Gasteiger partial charge >= 0.3 is 0 Å². The van der Waals surface area contributed by atoms with Crippen LogP contribution < -0.4 is 10.1 Å². The Labute approximate surface area is 124 Å². The van der Waals surface area contributed by atoms with Gasteiger partial charge in [-0.15, -0.1) is 0 Å². The molecule has 2 rings (SSSR count). The van der Waals surface area contributed by atoms with Crippen molar-refractivity contribution in [2.24, 2.45) is 7.05 Å². The Kier molecular flexibility index (Phi) is 4.68. The van der Waals surface area contributed by atoms with Gasteiger partial charge in [0.1, 0.15) is 11.4 Å². The average Bonchev–Trinajstić information content (AvgIpc) is 2.65. The fourth-order valence-electron chi connectivity index (χ4n) is 2.07. The van der Waals surface area contributed by atoms with Crippen LogP contribution in [0.15, 0.2) is 18.2 Å². The average molecular weight is 294 g/mol. The number of nitrogens with zero attached hydrogens (tertiary/aromatic N) is 2. The lowest BCUT2D eigenvalue weighted by atomic mass is 10.2. The summed E-state index contributed by atoms with van der Waals surface area (Å²) in [7, 11) is 1.91. The van der Waals surface area contributed by atoms with E-state index in [-0.39, 0.29) is 0 Å². The maximum atomic E-state index is 6.28. The normalized spacial score (nSPS) is 10.8. The highest BCUT2D eigenvalue weighted by Gasteiger charge is 2.15. The first kappa shape index (κ1) is 14.9. The quantitative estimate of drug-likeness (QED) is 0.915. The predicted molar refractivity (Wildman–Crippen MR) is 81.6 cm³/mol. The summed E-state index contributed by atoms with van der Waals surface area (Å²) in [5.74, 6) is 1.57. The summed E-state index contributed by atoms with van der Waals surface area (Å²) in [5, 5.41) is 8.36. The van der Waals surface area contributed by atoms with Gasteiger partial charge in [0, 0.05) is 24.2 Å². The van der Waals surface area contributed by atoms with Gasteiger partial charge in [-0.25, -0.2) is 0 Å². The van der Waals surface area contributed by atoms with Crippen molar-refractivity contribution in [2.45, 2.75) is 27.3 Å². The van der Waals surface area contributed by atoms with Crippen molar-refractivity contribution in [1.29, 1.82) is 0 Å². The van der Waals surface area contributed by atoms with E-state index >= 15 is 0 Å². The van der Waals surface area contributed by atoms with Gasteiger partial charge in [-0.2, -0.15) is 5.10 Å². The van der Waals surface area contributed by atoms with E-state index in [9.17, 15) is 0 Å². The molecule has 0 spiro atoms. The molecule has 1 heterocycles. The molecule has 0 saturated carbocycles. The van der Waals surface area contributed by atoms with Gasteiger partial charge in [-0.3, -0.25) is 4.68 Å². The molecule has 4 nitrogen and oxygen atoms in total. The molecule has 0 fully saturated rings. The Morgan fingerprint density at radius 2 is 2.10 bits per heavy atom.